The van der Waals surface area contributed by atoms with Crippen LogP contribution >= 0.6 is 0 Å². The van der Waals surface area contributed by atoms with Crippen LogP contribution in [0.1, 0.15) is 37.3 Å². The van der Waals surface area contributed by atoms with Gasteiger partial charge in [0.1, 0.15) is 0 Å². The molecule has 4 nitrogen and oxygen atoms in total. The van der Waals surface area contributed by atoms with Gasteiger partial charge in [-0.2, -0.15) is 0 Å². The molecule has 1 aromatic carbocycles. The van der Waals surface area contributed by atoms with Gasteiger partial charge in [0, 0.05) is 12.1 Å². The standard InChI is InChI=1S/C15H23N3O/c1-11-5-6-13(7-11)10-17-9-12-3-2-4-14(8-12)15(16)18-19/h2-4,8,11,13,17,19H,5-7,9-10H2,1H3,(H2,16,18). The lowest BCUT2D eigenvalue weighted by molar-refractivity contribution is 0.318. The highest BCUT2D eigenvalue weighted by atomic mass is 16.4. The topological polar surface area (TPSA) is 70.6 Å². The minimum atomic E-state index is 0.159. The average Bonchev–Trinajstić information content (AvgIpc) is 2.84. The van der Waals surface area contributed by atoms with E-state index in [1.54, 1.807) is 0 Å². The molecule has 2 rings (SSSR count). The summed E-state index contributed by atoms with van der Waals surface area (Å²) in [5, 5.41) is 15.2. The molecule has 0 heterocycles. The van der Waals surface area contributed by atoms with Gasteiger partial charge in [0.25, 0.3) is 0 Å². The molecule has 0 bridgehead atoms. The van der Waals surface area contributed by atoms with Crippen molar-refractivity contribution in [2.24, 2.45) is 22.7 Å². The van der Waals surface area contributed by atoms with Crippen LogP contribution in [0.3, 0.4) is 0 Å². The van der Waals surface area contributed by atoms with Gasteiger partial charge in [0.2, 0.25) is 0 Å². The predicted molar refractivity (Wildman–Crippen MR) is 77.2 cm³/mol. The fourth-order valence-corrected chi connectivity index (χ4v) is 2.83. The first-order valence-corrected chi connectivity index (χ1v) is 6.96. The van der Waals surface area contributed by atoms with E-state index in [1.165, 1.54) is 19.3 Å². The Kier molecular flexibility index (Phi) is 4.80. The second-order valence-corrected chi connectivity index (χ2v) is 5.60. The lowest BCUT2D eigenvalue weighted by Gasteiger charge is -2.11. The van der Waals surface area contributed by atoms with Crippen molar-refractivity contribution in [1.29, 1.82) is 0 Å². The van der Waals surface area contributed by atoms with E-state index in [1.807, 2.05) is 18.2 Å². The highest BCUT2D eigenvalue weighted by Crippen LogP contribution is 2.29. The molecule has 4 heteroatoms. The SMILES string of the molecule is CC1CCC(CNCc2cccc(/C(N)=N/O)c2)C1. The van der Waals surface area contributed by atoms with Crippen LogP contribution in [-0.2, 0) is 6.54 Å². The summed E-state index contributed by atoms with van der Waals surface area (Å²) in [7, 11) is 0. The molecule has 0 amide bonds. The first-order chi connectivity index (χ1) is 9.19. The molecule has 4 N–H and O–H groups in total. The number of hydrogen-bond acceptors (Lipinski definition) is 3. The van der Waals surface area contributed by atoms with Crippen LogP contribution in [0.2, 0.25) is 0 Å². The molecule has 1 aliphatic rings. The molecule has 104 valence electrons. The molecule has 1 saturated carbocycles. The van der Waals surface area contributed by atoms with Crippen LogP contribution < -0.4 is 11.1 Å². The lowest BCUT2D eigenvalue weighted by Crippen LogP contribution is -2.21. The van der Waals surface area contributed by atoms with Gasteiger partial charge in [-0.15, -0.1) is 0 Å². The van der Waals surface area contributed by atoms with E-state index < -0.39 is 0 Å². The van der Waals surface area contributed by atoms with E-state index in [2.05, 4.69) is 23.5 Å². The normalized spacial score (nSPS) is 23.7. The Morgan fingerprint density at radius 1 is 1.47 bits per heavy atom. The number of nitrogens with two attached hydrogens (primary N) is 1. The first kappa shape index (κ1) is 13.9. The van der Waals surface area contributed by atoms with E-state index in [0.29, 0.717) is 0 Å². The second kappa shape index (κ2) is 6.57. The predicted octanol–water partition coefficient (Wildman–Crippen LogP) is 2.31. The Morgan fingerprint density at radius 2 is 2.32 bits per heavy atom. The van der Waals surface area contributed by atoms with Gasteiger partial charge in [0.05, 0.1) is 0 Å². The zero-order chi connectivity index (χ0) is 13.7. The number of amidine groups is 1. The summed E-state index contributed by atoms with van der Waals surface area (Å²) in [5.41, 5.74) is 7.51. The van der Waals surface area contributed by atoms with Crippen LogP contribution in [-0.4, -0.2) is 17.6 Å². The Hall–Kier alpha value is -1.55. The zero-order valence-corrected chi connectivity index (χ0v) is 11.5. The Morgan fingerprint density at radius 3 is 3.00 bits per heavy atom. The van der Waals surface area contributed by atoms with E-state index in [0.717, 1.165) is 36.1 Å². The molecule has 19 heavy (non-hydrogen) atoms. The molecule has 0 spiro atoms. The number of hydrogen-bond donors (Lipinski definition) is 3. The van der Waals surface area contributed by atoms with Gasteiger partial charge in [-0.05, 0) is 42.9 Å². The largest absolute Gasteiger partial charge is 0.409 e. The summed E-state index contributed by atoms with van der Waals surface area (Å²) in [5.74, 6) is 1.87. The Bertz CT molecular complexity index is 445. The smallest absolute Gasteiger partial charge is 0.170 e. The van der Waals surface area contributed by atoms with Gasteiger partial charge in [-0.3, -0.25) is 0 Å². The van der Waals surface area contributed by atoms with E-state index in [4.69, 9.17) is 10.9 Å². The Balaban J connectivity index is 1.83. The number of rotatable bonds is 5. The third-order valence-corrected chi connectivity index (χ3v) is 3.90. The number of benzene rings is 1. The molecule has 2 atom stereocenters. The van der Waals surface area contributed by atoms with Crippen molar-refractivity contribution in [3.8, 4) is 0 Å². The van der Waals surface area contributed by atoms with Crippen molar-refractivity contribution in [3.05, 3.63) is 35.4 Å². The van der Waals surface area contributed by atoms with Crippen LogP contribution in [0.25, 0.3) is 0 Å². The number of nitrogens with zero attached hydrogens (tertiary/aromatic N) is 1. The molecule has 0 saturated heterocycles. The third-order valence-electron chi connectivity index (χ3n) is 3.90. The highest BCUT2D eigenvalue weighted by Gasteiger charge is 2.20. The van der Waals surface area contributed by atoms with E-state index in [-0.39, 0.29) is 5.84 Å². The molecular weight excluding hydrogens is 238 g/mol. The van der Waals surface area contributed by atoms with Crippen LogP contribution in [0, 0.1) is 11.8 Å². The minimum absolute atomic E-state index is 0.159. The minimum Gasteiger partial charge on any atom is -0.409 e. The lowest BCUT2D eigenvalue weighted by atomic mass is 10.1. The van der Waals surface area contributed by atoms with Gasteiger partial charge in [0.15, 0.2) is 5.84 Å². The van der Waals surface area contributed by atoms with Crippen molar-refractivity contribution in [1.82, 2.24) is 5.32 Å². The second-order valence-electron chi connectivity index (χ2n) is 5.60. The summed E-state index contributed by atoms with van der Waals surface area (Å²) in [6, 6.07) is 7.79. The summed E-state index contributed by atoms with van der Waals surface area (Å²) in [4.78, 5) is 0. The van der Waals surface area contributed by atoms with Crippen molar-refractivity contribution >= 4 is 5.84 Å². The molecule has 1 aromatic rings. The maximum absolute atomic E-state index is 8.67. The summed E-state index contributed by atoms with van der Waals surface area (Å²) >= 11 is 0. The molecular formula is C15H23N3O. The van der Waals surface area contributed by atoms with Gasteiger partial charge >= 0.3 is 0 Å². The fraction of sp³-hybridized carbons (Fsp3) is 0.533. The molecule has 2 unspecified atom stereocenters. The monoisotopic (exact) mass is 261 g/mol. The molecule has 1 aliphatic carbocycles. The maximum Gasteiger partial charge on any atom is 0.170 e. The summed E-state index contributed by atoms with van der Waals surface area (Å²) in [6.07, 6.45) is 4.06. The van der Waals surface area contributed by atoms with Crippen LogP contribution in [0.4, 0.5) is 0 Å². The molecule has 0 aliphatic heterocycles. The number of oxime groups is 1. The van der Waals surface area contributed by atoms with Crippen molar-refractivity contribution in [2.75, 3.05) is 6.54 Å². The van der Waals surface area contributed by atoms with Crippen molar-refractivity contribution in [2.45, 2.75) is 32.7 Å². The maximum atomic E-state index is 8.67. The quantitative estimate of drug-likeness (QED) is 0.330. The fourth-order valence-electron chi connectivity index (χ4n) is 2.83. The highest BCUT2D eigenvalue weighted by molar-refractivity contribution is 5.97. The van der Waals surface area contributed by atoms with Crippen molar-refractivity contribution in [3.63, 3.8) is 0 Å². The van der Waals surface area contributed by atoms with Crippen molar-refractivity contribution < 1.29 is 5.21 Å². The van der Waals surface area contributed by atoms with Crippen LogP contribution in [0.15, 0.2) is 29.4 Å². The average molecular weight is 261 g/mol. The summed E-state index contributed by atoms with van der Waals surface area (Å²) < 4.78 is 0. The molecule has 0 radical (unpaired) electrons. The van der Waals surface area contributed by atoms with Gasteiger partial charge < -0.3 is 16.3 Å². The van der Waals surface area contributed by atoms with Gasteiger partial charge in [-0.25, -0.2) is 0 Å². The Labute approximate surface area is 114 Å². The summed E-state index contributed by atoms with van der Waals surface area (Å²) in [6.45, 7) is 4.25. The zero-order valence-electron chi connectivity index (χ0n) is 11.5. The first-order valence-electron chi connectivity index (χ1n) is 6.96. The van der Waals surface area contributed by atoms with Crippen LogP contribution in [0.5, 0.6) is 0 Å². The molecule has 0 aromatic heterocycles. The van der Waals surface area contributed by atoms with Gasteiger partial charge in [-0.1, -0.05) is 36.7 Å². The van der Waals surface area contributed by atoms with E-state index in [9.17, 15) is 0 Å². The molecule has 1 fully saturated rings. The third kappa shape index (κ3) is 3.96. The van der Waals surface area contributed by atoms with E-state index >= 15 is 0 Å². The number of nitrogens with one attached hydrogen (secondary N) is 1.